The fourth-order valence-electron chi connectivity index (χ4n) is 1.34. The normalized spacial score (nSPS) is 11.9. The van der Waals surface area contributed by atoms with Crippen LogP contribution in [0.1, 0.15) is 12.1 Å². The molecular formula is C10H16N4O4. The van der Waals surface area contributed by atoms with Gasteiger partial charge in [0.15, 0.2) is 0 Å². The standard InChI is InChI=1S/C10H16N4O4/c1-14-7(2-4-12-14)6-11-10(18)13-8(3-5-15)9(16)17/h2,4,8,15H,3,5-6H2,1H3,(H,16,17)(H2,11,13,18). The smallest absolute Gasteiger partial charge is 0.326 e. The van der Waals surface area contributed by atoms with Crippen molar-refractivity contribution >= 4 is 12.0 Å². The zero-order valence-corrected chi connectivity index (χ0v) is 9.96. The first kappa shape index (κ1) is 14.0. The molecule has 1 atom stereocenters. The Morgan fingerprint density at radius 2 is 2.28 bits per heavy atom. The van der Waals surface area contributed by atoms with E-state index in [0.717, 1.165) is 5.69 Å². The van der Waals surface area contributed by atoms with Crippen molar-refractivity contribution in [3.8, 4) is 0 Å². The highest BCUT2D eigenvalue weighted by Crippen LogP contribution is 1.95. The summed E-state index contributed by atoms with van der Waals surface area (Å²) in [5.41, 5.74) is 0.791. The number of aryl methyl sites for hydroxylation is 1. The quantitative estimate of drug-likeness (QED) is 0.524. The maximum Gasteiger partial charge on any atom is 0.326 e. The Labute approximate surface area is 104 Å². The van der Waals surface area contributed by atoms with Crippen molar-refractivity contribution in [2.45, 2.75) is 19.0 Å². The van der Waals surface area contributed by atoms with E-state index < -0.39 is 18.0 Å². The van der Waals surface area contributed by atoms with Gasteiger partial charge in [0.05, 0.1) is 12.2 Å². The lowest BCUT2D eigenvalue weighted by atomic mass is 10.2. The number of nitrogens with zero attached hydrogens (tertiary/aromatic N) is 2. The Morgan fingerprint density at radius 3 is 2.78 bits per heavy atom. The molecule has 0 aromatic carbocycles. The number of rotatable bonds is 6. The maximum atomic E-state index is 11.4. The van der Waals surface area contributed by atoms with Crippen LogP contribution in [0.5, 0.6) is 0 Å². The second-order valence-corrected chi connectivity index (χ2v) is 3.68. The average molecular weight is 256 g/mol. The molecule has 0 saturated carbocycles. The Bertz CT molecular complexity index is 418. The predicted octanol–water partition coefficient (Wildman–Crippen LogP) is -0.945. The van der Waals surface area contributed by atoms with Gasteiger partial charge in [-0.1, -0.05) is 0 Å². The van der Waals surface area contributed by atoms with Crippen LogP contribution in [0.3, 0.4) is 0 Å². The molecule has 1 aromatic rings. The molecule has 1 aromatic heterocycles. The molecule has 100 valence electrons. The van der Waals surface area contributed by atoms with Crippen LogP contribution in [0.2, 0.25) is 0 Å². The highest BCUT2D eigenvalue weighted by molar-refractivity contribution is 5.82. The highest BCUT2D eigenvalue weighted by Gasteiger charge is 2.18. The number of aromatic nitrogens is 2. The molecule has 0 aliphatic heterocycles. The molecule has 0 spiro atoms. The van der Waals surface area contributed by atoms with E-state index in [1.54, 1.807) is 24.0 Å². The molecule has 8 heteroatoms. The van der Waals surface area contributed by atoms with Gasteiger partial charge in [-0.3, -0.25) is 4.68 Å². The van der Waals surface area contributed by atoms with Gasteiger partial charge >= 0.3 is 12.0 Å². The van der Waals surface area contributed by atoms with Crippen molar-refractivity contribution in [1.29, 1.82) is 0 Å². The zero-order chi connectivity index (χ0) is 13.5. The lowest BCUT2D eigenvalue weighted by Gasteiger charge is -2.13. The minimum absolute atomic E-state index is 0.0333. The largest absolute Gasteiger partial charge is 0.480 e. The van der Waals surface area contributed by atoms with Crippen LogP contribution in [0, 0.1) is 0 Å². The van der Waals surface area contributed by atoms with E-state index in [2.05, 4.69) is 15.7 Å². The lowest BCUT2D eigenvalue weighted by Crippen LogP contribution is -2.46. The number of urea groups is 1. The van der Waals surface area contributed by atoms with Gasteiger partial charge < -0.3 is 20.8 Å². The van der Waals surface area contributed by atoms with E-state index >= 15 is 0 Å². The second kappa shape index (κ2) is 6.60. The Hall–Kier alpha value is -2.09. The van der Waals surface area contributed by atoms with Crippen molar-refractivity contribution in [3.05, 3.63) is 18.0 Å². The number of hydrogen-bond acceptors (Lipinski definition) is 4. The monoisotopic (exact) mass is 256 g/mol. The molecule has 0 aliphatic rings. The van der Waals surface area contributed by atoms with Gasteiger partial charge in [-0.25, -0.2) is 9.59 Å². The molecule has 2 amide bonds. The third kappa shape index (κ3) is 4.06. The van der Waals surface area contributed by atoms with Gasteiger partial charge in [-0.05, 0) is 6.07 Å². The van der Waals surface area contributed by atoms with Crippen molar-refractivity contribution in [3.63, 3.8) is 0 Å². The summed E-state index contributed by atoms with van der Waals surface area (Å²) in [4.78, 5) is 22.2. The summed E-state index contributed by atoms with van der Waals surface area (Å²) in [6.07, 6.45) is 1.56. The van der Waals surface area contributed by atoms with E-state index in [4.69, 9.17) is 10.2 Å². The zero-order valence-electron chi connectivity index (χ0n) is 9.96. The molecule has 1 heterocycles. The van der Waals surface area contributed by atoms with Crippen molar-refractivity contribution in [1.82, 2.24) is 20.4 Å². The third-order valence-electron chi connectivity index (χ3n) is 2.37. The number of amides is 2. The number of aliphatic carboxylic acids is 1. The van der Waals surface area contributed by atoms with Crippen molar-refractivity contribution in [2.24, 2.45) is 7.05 Å². The van der Waals surface area contributed by atoms with E-state index in [1.165, 1.54) is 0 Å². The van der Waals surface area contributed by atoms with E-state index in [-0.39, 0.29) is 19.6 Å². The number of carbonyl (C=O) groups excluding carboxylic acids is 1. The van der Waals surface area contributed by atoms with Crippen LogP contribution in [-0.4, -0.2) is 44.6 Å². The second-order valence-electron chi connectivity index (χ2n) is 3.68. The predicted molar refractivity (Wildman–Crippen MR) is 61.7 cm³/mol. The fraction of sp³-hybridized carbons (Fsp3) is 0.500. The van der Waals surface area contributed by atoms with Gasteiger partial charge in [0.25, 0.3) is 0 Å². The molecule has 0 bridgehead atoms. The Kier molecular flexibility index (Phi) is 5.12. The third-order valence-corrected chi connectivity index (χ3v) is 2.37. The van der Waals surface area contributed by atoms with Gasteiger partial charge in [0, 0.05) is 26.3 Å². The van der Waals surface area contributed by atoms with Crippen LogP contribution in [-0.2, 0) is 18.4 Å². The minimum Gasteiger partial charge on any atom is -0.480 e. The van der Waals surface area contributed by atoms with Gasteiger partial charge in [-0.2, -0.15) is 5.10 Å². The summed E-state index contributed by atoms with van der Waals surface area (Å²) >= 11 is 0. The molecule has 0 saturated heterocycles. The van der Waals surface area contributed by atoms with Crippen molar-refractivity contribution in [2.75, 3.05) is 6.61 Å². The molecule has 0 fully saturated rings. The first-order chi connectivity index (χ1) is 8.54. The molecule has 18 heavy (non-hydrogen) atoms. The molecule has 1 unspecified atom stereocenters. The number of hydrogen-bond donors (Lipinski definition) is 4. The first-order valence-electron chi connectivity index (χ1n) is 5.39. The number of carboxylic acid groups (broad SMARTS) is 1. The topological polar surface area (TPSA) is 116 Å². The van der Waals surface area contributed by atoms with Crippen LogP contribution in [0.25, 0.3) is 0 Å². The Morgan fingerprint density at radius 1 is 1.56 bits per heavy atom. The molecule has 0 radical (unpaired) electrons. The van der Waals surface area contributed by atoms with Gasteiger partial charge in [0.1, 0.15) is 6.04 Å². The summed E-state index contributed by atoms with van der Waals surface area (Å²) in [7, 11) is 1.74. The summed E-state index contributed by atoms with van der Waals surface area (Å²) in [5, 5.41) is 26.2. The number of nitrogens with one attached hydrogen (secondary N) is 2. The molecular weight excluding hydrogens is 240 g/mol. The number of carbonyl (C=O) groups is 2. The van der Waals surface area contributed by atoms with Crippen LogP contribution in [0.4, 0.5) is 4.79 Å². The Balaban J connectivity index is 2.41. The van der Waals surface area contributed by atoms with Gasteiger partial charge in [-0.15, -0.1) is 0 Å². The lowest BCUT2D eigenvalue weighted by molar-refractivity contribution is -0.139. The van der Waals surface area contributed by atoms with Crippen LogP contribution in [0.15, 0.2) is 12.3 Å². The average Bonchev–Trinajstić information content (AvgIpc) is 2.71. The summed E-state index contributed by atoms with van der Waals surface area (Å²) < 4.78 is 1.60. The van der Waals surface area contributed by atoms with Crippen LogP contribution >= 0.6 is 0 Å². The minimum atomic E-state index is -1.18. The van der Waals surface area contributed by atoms with Gasteiger partial charge in [0.2, 0.25) is 0 Å². The summed E-state index contributed by atoms with van der Waals surface area (Å²) in [6, 6.07) is 0.0430. The highest BCUT2D eigenvalue weighted by atomic mass is 16.4. The number of aliphatic hydroxyl groups excluding tert-OH is 1. The maximum absolute atomic E-state index is 11.4. The summed E-state index contributed by atoms with van der Waals surface area (Å²) in [6.45, 7) is -0.0627. The van der Waals surface area contributed by atoms with E-state index in [9.17, 15) is 9.59 Å². The molecule has 1 rings (SSSR count). The number of aliphatic hydroxyl groups is 1. The van der Waals surface area contributed by atoms with E-state index in [1.807, 2.05) is 0 Å². The molecule has 0 aliphatic carbocycles. The molecule has 8 nitrogen and oxygen atoms in total. The number of carboxylic acids is 1. The van der Waals surface area contributed by atoms with E-state index in [0.29, 0.717) is 0 Å². The fourth-order valence-corrected chi connectivity index (χ4v) is 1.34. The molecule has 4 N–H and O–H groups in total. The summed E-state index contributed by atoms with van der Waals surface area (Å²) in [5.74, 6) is -1.18. The van der Waals surface area contributed by atoms with Crippen LogP contribution < -0.4 is 10.6 Å². The van der Waals surface area contributed by atoms with Crippen molar-refractivity contribution < 1.29 is 19.8 Å². The first-order valence-corrected chi connectivity index (χ1v) is 5.39. The SMILES string of the molecule is Cn1nccc1CNC(=O)NC(CCO)C(=O)O.